The van der Waals surface area contributed by atoms with Crippen molar-refractivity contribution in [3.8, 4) is 23.1 Å². The number of aromatic nitrogens is 2. The third-order valence-corrected chi connectivity index (χ3v) is 5.44. The molecule has 0 aliphatic heterocycles. The summed E-state index contributed by atoms with van der Waals surface area (Å²) in [7, 11) is -2.43. The minimum atomic E-state index is -3.84. The second-order valence-electron chi connectivity index (χ2n) is 6.66. The van der Waals surface area contributed by atoms with Crippen LogP contribution in [0.25, 0.3) is 11.3 Å². The van der Waals surface area contributed by atoms with Gasteiger partial charge in [-0.15, -0.1) is 0 Å². The van der Waals surface area contributed by atoms with Crippen LogP contribution >= 0.6 is 0 Å². The maximum Gasteiger partial charge on any atom is 0.262 e. The van der Waals surface area contributed by atoms with Crippen LogP contribution in [0.1, 0.15) is 13.8 Å². The number of hydrogen-bond acceptors (Lipinski definition) is 8. The van der Waals surface area contributed by atoms with Gasteiger partial charge in [0.15, 0.2) is 12.2 Å². The Balaban J connectivity index is 1.71. The van der Waals surface area contributed by atoms with Gasteiger partial charge in [0, 0.05) is 24.2 Å². The van der Waals surface area contributed by atoms with Crippen LogP contribution < -0.4 is 19.5 Å². The quantitative estimate of drug-likeness (QED) is 0.470. The number of nitrogens with one attached hydrogen (secondary N) is 2. The van der Waals surface area contributed by atoms with Crippen molar-refractivity contribution < 1.29 is 22.3 Å². The topological polar surface area (TPSA) is 116 Å². The molecule has 0 bridgehead atoms. The van der Waals surface area contributed by atoms with Gasteiger partial charge in [0.1, 0.15) is 12.3 Å². The minimum absolute atomic E-state index is 0.0907. The van der Waals surface area contributed by atoms with Gasteiger partial charge < -0.3 is 19.2 Å². The van der Waals surface area contributed by atoms with Gasteiger partial charge in [-0.2, -0.15) is 4.98 Å². The molecule has 0 fully saturated rings. The van der Waals surface area contributed by atoms with Crippen molar-refractivity contribution in [2.45, 2.75) is 24.8 Å². The highest BCUT2D eigenvalue weighted by atomic mass is 32.2. The van der Waals surface area contributed by atoms with Crippen LogP contribution in [0.5, 0.6) is 11.8 Å². The van der Waals surface area contributed by atoms with Crippen molar-refractivity contribution in [2.24, 2.45) is 0 Å². The lowest BCUT2D eigenvalue weighted by Gasteiger charge is -2.13. The maximum atomic E-state index is 12.8. The Morgan fingerprint density at radius 2 is 1.90 bits per heavy atom. The molecule has 0 aliphatic carbocycles. The second kappa shape index (κ2) is 9.59. The lowest BCUT2D eigenvalue weighted by molar-refractivity contribution is 0.291. The molecule has 9 nitrogen and oxygen atoms in total. The van der Waals surface area contributed by atoms with Gasteiger partial charge >= 0.3 is 0 Å². The van der Waals surface area contributed by atoms with E-state index in [1.54, 1.807) is 30.5 Å². The van der Waals surface area contributed by atoms with E-state index in [-0.39, 0.29) is 16.5 Å². The molecule has 0 atom stereocenters. The van der Waals surface area contributed by atoms with E-state index in [2.05, 4.69) is 20.0 Å². The lowest BCUT2D eigenvalue weighted by atomic mass is 10.2. The highest BCUT2D eigenvalue weighted by Crippen LogP contribution is 2.28. The molecule has 10 heteroatoms. The molecule has 2 aromatic heterocycles. The van der Waals surface area contributed by atoms with Crippen molar-refractivity contribution in [2.75, 3.05) is 25.0 Å². The third-order valence-electron chi connectivity index (χ3n) is 4.06. The largest absolute Gasteiger partial charge is 0.479 e. The van der Waals surface area contributed by atoms with Gasteiger partial charge in [-0.3, -0.25) is 4.72 Å². The molecular weight excluding hydrogens is 408 g/mol. The summed E-state index contributed by atoms with van der Waals surface area (Å²) in [6, 6.07) is 9.76. The van der Waals surface area contributed by atoms with Crippen molar-refractivity contribution in [1.82, 2.24) is 15.3 Å². The van der Waals surface area contributed by atoms with Crippen LogP contribution in [0.2, 0.25) is 0 Å². The van der Waals surface area contributed by atoms with Gasteiger partial charge in [-0.05, 0) is 30.3 Å². The number of sulfonamides is 1. The van der Waals surface area contributed by atoms with Crippen molar-refractivity contribution in [1.29, 1.82) is 0 Å². The van der Waals surface area contributed by atoms with E-state index in [1.807, 2.05) is 13.8 Å². The second-order valence-corrected chi connectivity index (χ2v) is 8.34. The van der Waals surface area contributed by atoms with E-state index in [9.17, 15) is 8.42 Å². The molecule has 0 radical (unpaired) electrons. The van der Waals surface area contributed by atoms with E-state index >= 15 is 0 Å². The number of hydrogen-bond donors (Lipinski definition) is 2. The van der Waals surface area contributed by atoms with E-state index in [0.29, 0.717) is 30.8 Å². The fourth-order valence-electron chi connectivity index (χ4n) is 2.60. The van der Waals surface area contributed by atoms with Crippen LogP contribution in [-0.4, -0.2) is 44.7 Å². The molecule has 2 N–H and O–H groups in total. The summed E-state index contributed by atoms with van der Waals surface area (Å²) in [5.74, 6) is 1.01. The molecule has 0 saturated carbocycles. The van der Waals surface area contributed by atoms with Gasteiger partial charge in [0.2, 0.25) is 11.8 Å². The molecule has 3 aromatic rings. The lowest BCUT2D eigenvalue weighted by Crippen LogP contribution is -2.27. The summed E-state index contributed by atoms with van der Waals surface area (Å²) in [4.78, 5) is 8.16. The number of nitrogens with zero attached hydrogens (tertiary/aromatic N) is 2. The molecule has 3 rings (SSSR count). The number of ether oxygens (including phenoxy) is 2. The molecule has 0 saturated heterocycles. The predicted octanol–water partition coefficient (Wildman–Crippen LogP) is 2.92. The van der Waals surface area contributed by atoms with Gasteiger partial charge in [0.05, 0.1) is 18.2 Å². The third kappa shape index (κ3) is 5.49. The minimum Gasteiger partial charge on any atom is -0.479 e. The zero-order valence-electron chi connectivity index (χ0n) is 17.0. The van der Waals surface area contributed by atoms with Crippen molar-refractivity contribution in [3.63, 3.8) is 0 Å². The Bertz CT molecular complexity index is 1050. The summed E-state index contributed by atoms with van der Waals surface area (Å²) >= 11 is 0. The number of oxazole rings is 1. The number of benzene rings is 1. The van der Waals surface area contributed by atoms with Gasteiger partial charge in [0.25, 0.3) is 10.0 Å². The Morgan fingerprint density at radius 3 is 2.53 bits per heavy atom. The predicted molar refractivity (Wildman–Crippen MR) is 112 cm³/mol. The molecule has 0 aliphatic rings. The Kier molecular flexibility index (Phi) is 6.91. The zero-order valence-corrected chi connectivity index (χ0v) is 17.8. The molecule has 1 aromatic carbocycles. The molecule has 2 heterocycles. The first-order chi connectivity index (χ1) is 14.4. The normalized spacial score (nSPS) is 11.5. The maximum absolute atomic E-state index is 12.8. The molecular formula is C20H24N4O5S. The first-order valence-corrected chi connectivity index (χ1v) is 10.8. The molecule has 0 spiro atoms. The number of methoxy groups -OCH3 is 1. The highest BCUT2D eigenvalue weighted by Gasteiger charge is 2.18. The van der Waals surface area contributed by atoms with E-state index < -0.39 is 10.0 Å². The van der Waals surface area contributed by atoms with E-state index in [1.165, 1.54) is 25.6 Å². The summed E-state index contributed by atoms with van der Waals surface area (Å²) < 4.78 is 44.0. The van der Waals surface area contributed by atoms with Crippen LogP contribution in [0.15, 0.2) is 58.3 Å². The molecule has 160 valence electrons. The van der Waals surface area contributed by atoms with E-state index in [0.717, 1.165) is 5.56 Å². The Hall–Kier alpha value is -3.11. The zero-order chi connectivity index (χ0) is 21.6. The summed E-state index contributed by atoms with van der Waals surface area (Å²) in [6.45, 7) is 5.19. The summed E-state index contributed by atoms with van der Waals surface area (Å²) in [5.41, 5.74) is 0.934. The molecule has 0 amide bonds. The van der Waals surface area contributed by atoms with Crippen molar-refractivity contribution >= 4 is 15.7 Å². The van der Waals surface area contributed by atoms with Gasteiger partial charge in [-0.25, -0.2) is 13.4 Å². The van der Waals surface area contributed by atoms with Crippen LogP contribution in [0, 0.1) is 0 Å². The monoisotopic (exact) mass is 432 g/mol. The first-order valence-electron chi connectivity index (χ1n) is 9.32. The summed E-state index contributed by atoms with van der Waals surface area (Å²) in [5, 5.41) is 3.23. The fourth-order valence-corrected chi connectivity index (χ4v) is 3.66. The number of anilines is 1. The fraction of sp³-hybridized carbons (Fsp3) is 0.300. The summed E-state index contributed by atoms with van der Waals surface area (Å²) in [6.07, 6.45) is 2.87. The van der Waals surface area contributed by atoms with Crippen LogP contribution in [0.4, 0.5) is 5.69 Å². The van der Waals surface area contributed by atoms with Gasteiger partial charge in [-0.1, -0.05) is 13.8 Å². The SMILES string of the molecule is COc1nc(OCCNC(C)C)ccc1NS(=O)(=O)c1ccc(-c2cnco2)cc1. The molecule has 0 unspecified atom stereocenters. The van der Waals surface area contributed by atoms with Crippen LogP contribution in [-0.2, 0) is 10.0 Å². The van der Waals surface area contributed by atoms with Crippen molar-refractivity contribution in [3.05, 3.63) is 49.0 Å². The Labute approximate surface area is 175 Å². The average molecular weight is 433 g/mol. The smallest absolute Gasteiger partial charge is 0.262 e. The number of rotatable bonds is 10. The first kappa shape index (κ1) is 21.6. The molecule has 30 heavy (non-hydrogen) atoms. The van der Waals surface area contributed by atoms with Crippen LogP contribution in [0.3, 0.4) is 0 Å². The Morgan fingerprint density at radius 1 is 1.13 bits per heavy atom. The van der Waals surface area contributed by atoms with E-state index in [4.69, 9.17) is 13.9 Å². The standard InChI is InChI=1S/C20H24N4O5S/c1-14(2)22-10-11-28-19-9-8-17(20(23-19)27-3)24-30(25,26)16-6-4-15(5-7-16)18-12-21-13-29-18/h4-9,12-14,22,24H,10-11H2,1-3H3. The number of pyridine rings is 1. The average Bonchev–Trinajstić information content (AvgIpc) is 3.27. The highest BCUT2D eigenvalue weighted by molar-refractivity contribution is 7.92.